The summed E-state index contributed by atoms with van der Waals surface area (Å²) in [4.78, 5) is 19.2. The van der Waals surface area contributed by atoms with Crippen LogP contribution in [0.25, 0.3) is 0 Å². The molecule has 2 amide bonds. The predicted molar refractivity (Wildman–Crippen MR) is 110 cm³/mol. The van der Waals surface area contributed by atoms with Crippen molar-refractivity contribution in [3.05, 3.63) is 58.7 Å². The number of benzene rings is 1. The molecule has 0 radical (unpaired) electrons. The number of anilines is 1. The zero-order chi connectivity index (χ0) is 19.2. The fraction of sp³-hybridized carbons (Fsp3) is 0.429. The Morgan fingerprint density at radius 3 is 2.44 bits per heavy atom. The molecule has 1 atom stereocenters. The zero-order valence-corrected chi connectivity index (χ0v) is 16.7. The topological polar surface area (TPSA) is 57.3 Å². The molecule has 3 rings (SSSR count). The van der Waals surface area contributed by atoms with Crippen LogP contribution < -0.4 is 15.5 Å². The van der Waals surface area contributed by atoms with Crippen molar-refractivity contribution in [2.24, 2.45) is 5.92 Å². The average Bonchev–Trinajstić information content (AvgIpc) is 3.20. The third-order valence-electron chi connectivity index (χ3n) is 4.87. The summed E-state index contributed by atoms with van der Waals surface area (Å²) in [5.74, 6) is 1.28. The molecule has 1 aromatic heterocycles. The van der Waals surface area contributed by atoms with Crippen molar-refractivity contribution in [3.8, 4) is 0 Å². The van der Waals surface area contributed by atoms with Crippen molar-refractivity contribution >= 4 is 23.4 Å². The number of urea groups is 1. The van der Waals surface area contributed by atoms with Gasteiger partial charge < -0.3 is 15.5 Å². The SMILES string of the molecule is CC(C)C(NC(=O)NCc1ccc(N2CCCC2)nc1)c1ccc(Cl)cc1. The van der Waals surface area contributed by atoms with E-state index >= 15 is 0 Å². The lowest BCUT2D eigenvalue weighted by atomic mass is 9.96. The molecule has 0 spiro atoms. The minimum Gasteiger partial charge on any atom is -0.357 e. The van der Waals surface area contributed by atoms with Gasteiger partial charge in [-0.1, -0.05) is 43.6 Å². The number of rotatable bonds is 6. The molecule has 2 heterocycles. The summed E-state index contributed by atoms with van der Waals surface area (Å²) in [7, 11) is 0. The molecule has 144 valence electrons. The van der Waals surface area contributed by atoms with Gasteiger partial charge in [0.15, 0.2) is 0 Å². The van der Waals surface area contributed by atoms with Crippen LogP contribution in [0.4, 0.5) is 10.6 Å². The standard InChI is InChI=1S/C21H27ClN4O/c1-15(2)20(17-6-8-18(22)9-7-17)25-21(27)24-14-16-5-10-19(23-13-16)26-11-3-4-12-26/h5-10,13,15,20H,3-4,11-12,14H2,1-2H3,(H2,24,25,27). The van der Waals surface area contributed by atoms with E-state index in [1.807, 2.05) is 42.6 Å². The third-order valence-corrected chi connectivity index (χ3v) is 5.13. The lowest BCUT2D eigenvalue weighted by Gasteiger charge is -2.23. The highest BCUT2D eigenvalue weighted by atomic mass is 35.5. The van der Waals surface area contributed by atoms with Crippen LogP contribution in [0.3, 0.4) is 0 Å². The van der Waals surface area contributed by atoms with Gasteiger partial charge in [-0.05, 0) is 48.1 Å². The molecule has 27 heavy (non-hydrogen) atoms. The van der Waals surface area contributed by atoms with E-state index in [0.29, 0.717) is 11.6 Å². The fourth-order valence-corrected chi connectivity index (χ4v) is 3.46. The maximum Gasteiger partial charge on any atom is 0.315 e. The maximum absolute atomic E-state index is 12.4. The van der Waals surface area contributed by atoms with Crippen molar-refractivity contribution in [2.45, 2.75) is 39.3 Å². The van der Waals surface area contributed by atoms with E-state index in [2.05, 4.69) is 34.4 Å². The molecule has 2 aromatic rings. The molecule has 0 aliphatic carbocycles. The summed E-state index contributed by atoms with van der Waals surface area (Å²) >= 11 is 5.96. The van der Waals surface area contributed by atoms with Gasteiger partial charge in [-0.15, -0.1) is 0 Å². The van der Waals surface area contributed by atoms with Gasteiger partial charge >= 0.3 is 6.03 Å². The van der Waals surface area contributed by atoms with Gasteiger partial charge in [-0.25, -0.2) is 9.78 Å². The van der Waals surface area contributed by atoms with Crippen LogP contribution in [0.1, 0.15) is 43.9 Å². The minimum absolute atomic E-state index is 0.0714. The monoisotopic (exact) mass is 386 g/mol. The Morgan fingerprint density at radius 2 is 1.85 bits per heavy atom. The van der Waals surface area contributed by atoms with Crippen molar-refractivity contribution in [2.75, 3.05) is 18.0 Å². The van der Waals surface area contributed by atoms with Gasteiger partial charge in [0.25, 0.3) is 0 Å². The number of hydrogen-bond donors (Lipinski definition) is 2. The summed E-state index contributed by atoms with van der Waals surface area (Å²) in [5.41, 5.74) is 2.03. The van der Waals surface area contributed by atoms with Crippen LogP contribution in [0.5, 0.6) is 0 Å². The number of nitrogens with zero attached hydrogens (tertiary/aromatic N) is 2. The number of carbonyl (C=O) groups is 1. The van der Waals surface area contributed by atoms with Gasteiger partial charge in [0.2, 0.25) is 0 Å². The lowest BCUT2D eigenvalue weighted by Crippen LogP contribution is -2.39. The van der Waals surface area contributed by atoms with E-state index in [-0.39, 0.29) is 18.0 Å². The van der Waals surface area contributed by atoms with Crippen LogP contribution in [-0.2, 0) is 6.54 Å². The van der Waals surface area contributed by atoms with E-state index in [9.17, 15) is 4.79 Å². The predicted octanol–water partition coefficient (Wildman–Crippen LogP) is 4.53. The van der Waals surface area contributed by atoms with E-state index in [0.717, 1.165) is 30.0 Å². The number of halogens is 1. The molecule has 1 aliphatic rings. The summed E-state index contributed by atoms with van der Waals surface area (Å²) in [6.07, 6.45) is 4.30. The van der Waals surface area contributed by atoms with Gasteiger partial charge in [0.1, 0.15) is 5.82 Å². The number of hydrogen-bond acceptors (Lipinski definition) is 3. The Balaban J connectivity index is 1.54. The quantitative estimate of drug-likeness (QED) is 0.766. The molecule has 6 heteroatoms. The van der Waals surface area contributed by atoms with Gasteiger partial charge in [0.05, 0.1) is 6.04 Å². The first-order valence-corrected chi connectivity index (χ1v) is 9.90. The molecular weight excluding hydrogens is 360 g/mol. The number of amides is 2. The number of aromatic nitrogens is 1. The van der Waals surface area contributed by atoms with Crippen molar-refractivity contribution in [3.63, 3.8) is 0 Å². The Hall–Kier alpha value is -2.27. The van der Waals surface area contributed by atoms with Crippen LogP contribution in [0, 0.1) is 5.92 Å². The largest absolute Gasteiger partial charge is 0.357 e. The van der Waals surface area contributed by atoms with E-state index in [4.69, 9.17) is 11.6 Å². The van der Waals surface area contributed by atoms with Crippen molar-refractivity contribution in [1.82, 2.24) is 15.6 Å². The summed E-state index contributed by atoms with van der Waals surface area (Å²) in [5, 5.41) is 6.67. The highest BCUT2D eigenvalue weighted by Gasteiger charge is 2.18. The summed E-state index contributed by atoms with van der Waals surface area (Å²) < 4.78 is 0. The number of carbonyl (C=O) groups excluding carboxylic acids is 1. The highest BCUT2D eigenvalue weighted by Crippen LogP contribution is 2.23. The minimum atomic E-state index is -0.188. The Morgan fingerprint density at radius 1 is 1.15 bits per heavy atom. The second-order valence-electron chi connectivity index (χ2n) is 7.32. The van der Waals surface area contributed by atoms with E-state index < -0.39 is 0 Å². The lowest BCUT2D eigenvalue weighted by molar-refractivity contribution is 0.232. The van der Waals surface area contributed by atoms with Crippen LogP contribution in [0.15, 0.2) is 42.6 Å². The molecule has 1 fully saturated rings. The highest BCUT2D eigenvalue weighted by molar-refractivity contribution is 6.30. The molecule has 0 saturated carbocycles. The Kier molecular flexibility index (Phi) is 6.56. The first kappa shape index (κ1) is 19.5. The third kappa shape index (κ3) is 5.36. The average molecular weight is 387 g/mol. The second-order valence-corrected chi connectivity index (χ2v) is 7.76. The molecule has 0 bridgehead atoms. The molecule has 1 aromatic carbocycles. The van der Waals surface area contributed by atoms with Crippen LogP contribution >= 0.6 is 11.6 Å². The second kappa shape index (κ2) is 9.09. The molecular formula is C21H27ClN4O. The van der Waals surface area contributed by atoms with Gasteiger partial charge in [-0.3, -0.25) is 0 Å². The molecule has 5 nitrogen and oxygen atoms in total. The molecule has 2 N–H and O–H groups in total. The molecule has 1 unspecified atom stereocenters. The van der Waals surface area contributed by atoms with Gasteiger partial charge in [-0.2, -0.15) is 0 Å². The number of nitrogens with one attached hydrogen (secondary N) is 2. The van der Waals surface area contributed by atoms with Crippen molar-refractivity contribution < 1.29 is 4.79 Å². The van der Waals surface area contributed by atoms with Crippen molar-refractivity contribution in [1.29, 1.82) is 0 Å². The maximum atomic E-state index is 12.4. The Bertz CT molecular complexity index is 740. The fourth-order valence-electron chi connectivity index (χ4n) is 3.33. The number of pyridine rings is 1. The van der Waals surface area contributed by atoms with E-state index in [1.165, 1.54) is 12.8 Å². The summed E-state index contributed by atoms with van der Waals surface area (Å²) in [6.45, 7) is 6.77. The molecule has 1 saturated heterocycles. The Labute approximate surface area is 166 Å². The van der Waals surface area contributed by atoms with E-state index in [1.54, 1.807) is 0 Å². The zero-order valence-electron chi connectivity index (χ0n) is 15.9. The molecule has 1 aliphatic heterocycles. The van der Waals surface area contributed by atoms with Crippen LogP contribution in [-0.4, -0.2) is 24.1 Å². The smallest absolute Gasteiger partial charge is 0.315 e. The first-order valence-electron chi connectivity index (χ1n) is 9.52. The van der Waals surface area contributed by atoms with Gasteiger partial charge in [0, 0.05) is 30.9 Å². The normalized spacial score (nSPS) is 15.0. The summed E-state index contributed by atoms with van der Waals surface area (Å²) in [6, 6.07) is 11.4. The van der Waals surface area contributed by atoms with Crippen LogP contribution in [0.2, 0.25) is 5.02 Å². The first-order chi connectivity index (χ1) is 13.0.